The summed E-state index contributed by atoms with van der Waals surface area (Å²) in [6.07, 6.45) is 6.25. The lowest BCUT2D eigenvalue weighted by molar-refractivity contribution is 0.00617. The highest BCUT2D eigenvalue weighted by Gasteiger charge is 2.38. The first-order chi connectivity index (χ1) is 10.2. The SMILES string of the molecule is OCCN(CCO)C[C@H](O)COCC[C@H]1C[C@H]2CC[C@H]1C2. The van der Waals surface area contributed by atoms with Crippen molar-refractivity contribution in [3.8, 4) is 0 Å². The summed E-state index contributed by atoms with van der Waals surface area (Å²) < 4.78 is 5.62. The fraction of sp³-hybridized carbons (Fsp3) is 1.00. The van der Waals surface area contributed by atoms with Crippen LogP contribution < -0.4 is 0 Å². The van der Waals surface area contributed by atoms with E-state index in [0.29, 0.717) is 26.2 Å². The minimum absolute atomic E-state index is 0.0395. The summed E-state index contributed by atoms with van der Waals surface area (Å²) in [5, 5.41) is 27.8. The Hall–Kier alpha value is -0.200. The molecule has 0 aliphatic heterocycles. The van der Waals surface area contributed by atoms with E-state index < -0.39 is 6.10 Å². The highest BCUT2D eigenvalue weighted by atomic mass is 16.5. The molecule has 21 heavy (non-hydrogen) atoms. The molecule has 2 fully saturated rings. The molecule has 0 saturated heterocycles. The molecule has 2 rings (SSSR count). The van der Waals surface area contributed by atoms with Gasteiger partial charge in [0.2, 0.25) is 0 Å². The number of hydrogen-bond donors (Lipinski definition) is 3. The third-order valence-corrected chi connectivity index (χ3v) is 5.13. The molecule has 0 unspecified atom stereocenters. The van der Waals surface area contributed by atoms with Crippen molar-refractivity contribution in [1.82, 2.24) is 4.90 Å². The first kappa shape index (κ1) is 17.2. The molecule has 0 heterocycles. The van der Waals surface area contributed by atoms with Crippen LogP contribution >= 0.6 is 0 Å². The summed E-state index contributed by atoms with van der Waals surface area (Å²) in [5.74, 6) is 2.77. The predicted octanol–water partition coefficient (Wildman–Crippen LogP) is 0.477. The smallest absolute Gasteiger partial charge is 0.0900 e. The molecule has 124 valence electrons. The van der Waals surface area contributed by atoms with Crippen molar-refractivity contribution in [1.29, 1.82) is 0 Å². The first-order valence-electron chi connectivity index (χ1n) is 8.42. The standard InChI is InChI=1S/C16H31NO4/c18-6-4-17(5-7-19)11-16(20)12-21-8-3-15-10-13-1-2-14(15)9-13/h13-16,18-20H,1-12H2/t13-,14-,15-,16-/m0/s1. The predicted molar refractivity (Wildman–Crippen MR) is 81.0 cm³/mol. The maximum atomic E-state index is 9.94. The zero-order chi connectivity index (χ0) is 15.1. The van der Waals surface area contributed by atoms with Crippen molar-refractivity contribution in [3.05, 3.63) is 0 Å². The lowest BCUT2D eigenvalue weighted by Crippen LogP contribution is -2.38. The van der Waals surface area contributed by atoms with Crippen LogP contribution in [0.2, 0.25) is 0 Å². The van der Waals surface area contributed by atoms with Crippen molar-refractivity contribution < 1.29 is 20.1 Å². The minimum Gasteiger partial charge on any atom is -0.395 e. The van der Waals surface area contributed by atoms with Crippen LogP contribution in [0.1, 0.15) is 32.1 Å². The number of fused-ring (bicyclic) bond motifs is 2. The molecule has 0 aromatic carbocycles. The molecular formula is C16H31NO4. The van der Waals surface area contributed by atoms with Gasteiger partial charge in [-0.1, -0.05) is 6.42 Å². The lowest BCUT2D eigenvalue weighted by Gasteiger charge is -2.24. The molecule has 2 saturated carbocycles. The highest BCUT2D eigenvalue weighted by molar-refractivity contribution is 4.89. The normalized spacial score (nSPS) is 29.4. The Morgan fingerprint density at radius 3 is 2.43 bits per heavy atom. The van der Waals surface area contributed by atoms with Crippen LogP contribution in [0, 0.1) is 17.8 Å². The number of nitrogens with zero attached hydrogens (tertiary/aromatic N) is 1. The molecule has 2 bridgehead atoms. The van der Waals surface area contributed by atoms with Crippen LogP contribution in [0.15, 0.2) is 0 Å². The average Bonchev–Trinajstić information content (AvgIpc) is 3.06. The summed E-state index contributed by atoms with van der Waals surface area (Å²) in [6.45, 7) is 2.55. The molecule has 4 atom stereocenters. The number of aliphatic hydroxyl groups excluding tert-OH is 3. The van der Waals surface area contributed by atoms with E-state index in [4.69, 9.17) is 14.9 Å². The number of hydrogen-bond acceptors (Lipinski definition) is 5. The third kappa shape index (κ3) is 5.49. The molecule has 5 heteroatoms. The van der Waals surface area contributed by atoms with E-state index in [2.05, 4.69) is 0 Å². The Morgan fingerprint density at radius 1 is 1.10 bits per heavy atom. The van der Waals surface area contributed by atoms with Crippen molar-refractivity contribution in [3.63, 3.8) is 0 Å². The molecular weight excluding hydrogens is 270 g/mol. The topological polar surface area (TPSA) is 73.2 Å². The van der Waals surface area contributed by atoms with Crippen molar-refractivity contribution in [2.45, 2.75) is 38.2 Å². The zero-order valence-corrected chi connectivity index (χ0v) is 13.0. The van der Waals surface area contributed by atoms with Crippen LogP contribution in [0.3, 0.4) is 0 Å². The van der Waals surface area contributed by atoms with Crippen LogP contribution in [-0.2, 0) is 4.74 Å². The van der Waals surface area contributed by atoms with Crippen LogP contribution in [0.5, 0.6) is 0 Å². The fourth-order valence-corrected chi connectivity index (χ4v) is 4.11. The zero-order valence-electron chi connectivity index (χ0n) is 13.0. The second-order valence-electron chi connectivity index (χ2n) is 6.70. The molecule has 2 aliphatic rings. The first-order valence-corrected chi connectivity index (χ1v) is 8.42. The Balaban J connectivity index is 1.53. The Bertz CT molecular complexity index is 283. The molecule has 2 aliphatic carbocycles. The van der Waals surface area contributed by atoms with Gasteiger partial charge in [-0.2, -0.15) is 0 Å². The summed E-state index contributed by atoms with van der Waals surface area (Å²) in [4.78, 5) is 1.85. The lowest BCUT2D eigenvalue weighted by atomic mass is 9.87. The van der Waals surface area contributed by atoms with Crippen LogP contribution in [0.4, 0.5) is 0 Å². The van der Waals surface area contributed by atoms with Gasteiger partial charge in [-0.3, -0.25) is 4.90 Å². The maximum absolute atomic E-state index is 9.94. The summed E-state index contributed by atoms with van der Waals surface area (Å²) in [7, 11) is 0. The average molecular weight is 301 g/mol. The second-order valence-corrected chi connectivity index (χ2v) is 6.70. The molecule has 0 amide bonds. The molecule has 0 spiro atoms. The van der Waals surface area contributed by atoms with Crippen molar-refractivity contribution >= 4 is 0 Å². The summed E-state index contributed by atoms with van der Waals surface area (Å²) in [6, 6.07) is 0. The highest BCUT2D eigenvalue weighted by Crippen LogP contribution is 2.49. The number of rotatable bonds is 11. The van der Waals surface area contributed by atoms with Gasteiger partial charge in [0.25, 0.3) is 0 Å². The van der Waals surface area contributed by atoms with E-state index in [0.717, 1.165) is 30.8 Å². The van der Waals surface area contributed by atoms with Gasteiger partial charge in [0.1, 0.15) is 0 Å². The van der Waals surface area contributed by atoms with Gasteiger partial charge < -0.3 is 20.1 Å². The van der Waals surface area contributed by atoms with Gasteiger partial charge in [0.05, 0.1) is 25.9 Å². The minimum atomic E-state index is -0.553. The molecule has 3 N–H and O–H groups in total. The molecule has 0 aromatic rings. The largest absolute Gasteiger partial charge is 0.395 e. The van der Waals surface area contributed by atoms with Crippen LogP contribution in [0.25, 0.3) is 0 Å². The van der Waals surface area contributed by atoms with Gasteiger partial charge in [0.15, 0.2) is 0 Å². The van der Waals surface area contributed by atoms with Crippen LogP contribution in [-0.4, -0.2) is 72.4 Å². The van der Waals surface area contributed by atoms with E-state index in [1.54, 1.807) is 0 Å². The summed E-state index contributed by atoms with van der Waals surface area (Å²) >= 11 is 0. The Morgan fingerprint density at radius 2 is 1.86 bits per heavy atom. The van der Waals surface area contributed by atoms with Gasteiger partial charge >= 0.3 is 0 Å². The Labute approximate surface area is 127 Å². The monoisotopic (exact) mass is 301 g/mol. The molecule has 0 radical (unpaired) electrons. The van der Waals surface area contributed by atoms with Gasteiger partial charge in [-0.25, -0.2) is 0 Å². The molecule has 5 nitrogen and oxygen atoms in total. The van der Waals surface area contributed by atoms with E-state index in [-0.39, 0.29) is 13.2 Å². The van der Waals surface area contributed by atoms with Gasteiger partial charge in [0, 0.05) is 26.2 Å². The Kier molecular flexibility index (Phi) is 7.40. The maximum Gasteiger partial charge on any atom is 0.0900 e. The second kappa shape index (κ2) is 9.06. The number of aliphatic hydroxyl groups is 3. The fourth-order valence-electron chi connectivity index (χ4n) is 4.11. The molecule has 0 aromatic heterocycles. The van der Waals surface area contributed by atoms with Crippen molar-refractivity contribution in [2.75, 3.05) is 46.1 Å². The van der Waals surface area contributed by atoms with E-state index in [9.17, 15) is 5.11 Å². The number of ether oxygens (including phenoxy) is 1. The quantitative estimate of drug-likeness (QED) is 0.484. The summed E-state index contributed by atoms with van der Waals surface area (Å²) in [5.41, 5.74) is 0. The van der Waals surface area contributed by atoms with E-state index in [1.807, 2.05) is 4.90 Å². The van der Waals surface area contributed by atoms with Gasteiger partial charge in [-0.05, 0) is 43.4 Å². The van der Waals surface area contributed by atoms with Gasteiger partial charge in [-0.15, -0.1) is 0 Å². The van der Waals surface area contributed by atoms with Crippen molar-refractivity contribution in [2.24, 2.45) is 17.8 Å². The van der Waals surface area contributed by atoms with E-state index in [1.165, 1.54) is 25.7 Å². The van der Waals surface area contributed by atoms with E-state index >= 15 is 0 Å². The third-order valence-electron chi connectivity index (χ3n) is 5.13.